The molecule has 0 amide bonds. The molecule has 0 aromatic heterocycles. The lowest BCUT2D eigenvalue weighted by Crippen LogP contribution is -2.41. The normalized spacial score (nSPS) is 17.3. The number of benzene rings is 1. The second kappa shape index (κ2) is 8.43. The first kappa shape index (κ1) is 18.8. The molecule has 7 heteroatoms. The Balaban J connectivity index is 0.00000220. The molecule has 1 aliphatic heterocycles. The predicted octanol–water partition coefficient (Wildman–Crippen LogP) is 4.37. The molecule has 0 spiro atoms. The Morgan fingerprint density at radius 2 is 1.81 bits per heavy atom. The fourth-order valence-electron chi connectivity index (χ4n) is 2.33. The molecule has 120 valence electrons. The maximum Gasteiger partial charge on any atom is 0.401 e. The number of nitrogens with zero attached hydrogens (tertiary/aromatic N) is 1. The van der Waals surface area contributed by atoms with E-state index in [9.17, 15) is 13.2 Å². The molecule has 21 heavy (non-hydrogen) atoms. The highest BCUT2D eigenvalue weighted by Crippen LogP contribution is 2.25. The van der Waals surface area contributed by atoms with E-state index in [0.717, 1.165) is 22.2 Å². The van der Waals surface area contributed by atoms with Crippen molar-refractivity contribution in [3.05, 3.63) is 27.8 Å². The van der Waals surface area contributed by atoms with Gasteiger partial charge in [0.1, 0.15) is 5.75 Å². The fraction of sp³-hybridized carbons (Fsp3) is 0.571. The summed E-state index contributed by atoms with van der Waals surface area (Å²) in [6, 6.07) is 7.76. The van der Waals surface area contributed by atoms with Gasteiger partial charge in [-0.25, -0.2) is 0 Å². The number of para-hydroxylation sites is 1. The van der Waals surface area contributed by atoms with Crippen LogP contribution in [0, 0.1) is 9.49 Å². The van der Waals surface area contributed by atoms with Crippen molar-refractivity contribution in [2.75, 3.05) is 26.2 Å². The number of hydrogen-bond acceptors (Lipinski definition) is 2. The topological polar surface area (TPSA) is 12.5 Å². The maximum absolute atomic E-state index is 12.3. The predicted molar refractivity (Wildman–Crippen MR) is 87.1 cm³/mol. The molecule has 0 bridgehead atoms. The third kappa shape index (κ3) is 6.61. The van der Waals surface area contributed by atoms with Gasteiger partial charge in [-0.15, -0.1) is 12.4 Å². The van der Waals surface area contributed by atoms with Crippen molar-refractivity contribution in [2.24, 2.45) is 5.92 Å². The van der Waals surface area contributed by atoms with Crippen molar-refractivity contribution in [3.63, 3.8) is 0 Å². The summed E-state index contributed by atoms with van der Waals surface area (Å²) in [6.07, 6.45) is -2.57. The zero-order chi connectivity index (χ0) is 14.6. The van der Waals surface area contributed by atoms with Gasteiger partial charge < -0.3 is 4.74 Å². The van der Waals surface area contributed by atoms with Crippen LogP contribution in [0.15, 0.2) is 24.3 Å². The van der Waals surface area contributed by atoms with Crippen LogP contribution < -0.4 is 4.74 Å². The van der Waals surface area contributed by atoms with Crippen LogP contribution in [0.1, 0.15) is 12.8 Å². The zero-order valence-corrected chi connectivity index (χ0v) is 14.4. The summed E-state index contributed by atoms with van der Waals surface area (Å²) in [5.41, 5.74) is 0. The number of halogens is 5. The van der Waals surface area contributed by atoms with Crippen molar-refractivity contribution < 1.29 is 17.9 Å². The number of likely N-dealkylation sites (tertiary alicyclic amines) is 1. The minimum absolute atomic E-state index is 0. The number of piperidine rings is 1. The highest BCUT2D eigenvalue weighted by molar-refractivity contribution is 14.1. The highest BCUT2D eigenvalue weighted by Gasteiger charge is 2.32. The maximum atomic E-state index is 12.3. The van der Waals surface area contributed by atoms with E-state index in [1.807, 2.05) is 24.3 Å². The van der Waals surface area contributed by atoms with E-state index < -0.39 is 12.7 Å². The van der Waals surface area contributed by atoms with Crippen LogP contribution in [0.25, 0.3) is 0 Å². The fourth-order valence-corrected chi connectivity index (χ4v) is 2.88. The van der Waals surface area contributed by atoms with Crippen LogP contribution in [0.2, 0.25) is 0 Å². The van der Waals surface area contributed by atoms with Gasteiger partial charge in [-0.05, 0) is 66.6 Å². The van der Waals surface area contributed by atoms with E-state index >= 15 is 0 Å². The first-order valence-electron chi connectivity index (χ1n) is 6.60. The van der Waals surface area contributed by atoms with Gasteiger partial charge in [-0.2, -0.15) is 13.2 Å². The van der Waals surface area contributed by atoms with Crippen molar-refractivity contribution >= 4 is 35.0 Å². The largest absolute Gasteiger partial charge is 0.492 e. The number of hydrogen-bond donors (Lipinski definition) is 0. The van der Waals surface area contributed by atoms with Crippen molar-refractivity contribution in [1.29, 1.82) is 0 Å². The van der Waals surface area contributed by atoms with Gasteiger partial charge in [0.2, 0.25) is 0 Å². The summed E-state index contributed by atoms with van der Waals surface area (Å²) in [4.78, 5) is 1.47. The van der Waals surface area contributed by atoms with Gasteiger partial charge in [0.05, 0.1) is 16.7 Å². The molecule has 0 aliphatic carbocycles. The van der Waals surface area contributed by atoms with E-state index in [2.05, 4.69) is 22.6 Å². The smallest absolute Gasteiger partial charge is 0.401 e. The van der Waals surface area contributed by atoms with E-state index in [1.165, 1.54) is 4.90 Å². The molecule has 0 atom stereocenters. The van der Waals surface area contributed by atoms with Gasteiger partial charge in [-0.1, -0.05) is 12.1 Å². The summed E-state index contributed by atoms with van der Waals surface area (Å²) >= 11 is 2.21. The Kier molecular flexibility index (Phi) is 7.56. The summed E-state index contributed by atoms with van der Waals surface area (Å²) in [5, 5.41) is 0. The van der Waals surface area contributed by atoms with Crippen LogP contribution >= 0.6 is 35.0 Å². The molecule has 0 radical (unpaired) electrons. The second-order valence-electron chi connectivity index (χ2n) is 5.08. The van der Waals surface area contributed by atoms with Crippen LogP contribution in [0.4, 0.5) is 13.2 Å². The average molecular weight is 436 g/mol. The Labute approximate surface area is 142 Å². The molecule has 0 unspecified atom stereocenters. The van der Waals surface area contributed by atoms with Crippen LogP contribution in [0.3, 0.4) is 0 Å². The standard InChI is InChI=1S/C14H17F3INO.ClH/c15-14(16,17)10-19-7-5-11(6-8-19)9-20-13-4-2-1-3-12(13)18;/h1-4,11H,5-10H2;1H. The van der Waals surface area contributed by atoms with Crippen LogP contribution in [-0.4, -0.2) is 37.3 Å². The molecule has 1 aromatic carbocycles. The first-order chi connectivity index (χ1) is 9.44. The molecule has 1 aromatic rings. The Bertz CT molecular complexity index is 436. The van der Waals surface area contributed by atoms with E-state index in [0.29, 0.717) is 25.6 Å². The minimum atomic E-state index is -4.09. The Morgan fingerprint density at radius 1 is 1.19 bits per heavy atom. The molecule has 0 N–H and O–H groups in total. The monoisotopic (exact) mass is 435 g/mol. The Morgan fingerprint density at radius 3 is 2.38 bits per heavy atom. The molecule has 2 nitrogen and oxygen atoms in total. The van der Waals surface area contributed by atoms with Gasteiger partial charge >= 0.3 is 6.18 Å². The summed E-state index contributed by atoms with van der Waals surface area (Å²) < 4.78 is 43.7. The second-order valence-corrected chi connectivity index (χ2v) is 6.24. The lowest BCUT2D eigenvalue weighted by atomic mass is 9.98. The molecule has 1 heterocycles. The van der Waals surface area contributed by atoms with Gasteiger partial charge in [0, 0.05) is 0 Å². The van der Waals surface area contributed by atoms with Crippen molar-refractivity contribution in [1.82, 2.24) is 4.90 Å². The molecular formula is C14H18ClF3INO. The molecule has 1 saturated heterocycles. The molecule has 0 saturated carbocycles. The average Bonchev–Trinajstić information content (AvgIpc) is 2.38. The lowest BCUT2D eigenvalue weighted by Gasteiger charge is -2.32. The van der Waals surface area contributed by atoms with E-state index in [4.69, 9.17) is 4.74 Å². The van der Waals surface area contributed by atoms with Crippen LogP contribution in [0.5, 0.6) is 5.75 Å². The third-order valence-electron chi connectivity index (χ3n) is 3.42. The minimum Gasteiger partial charge on any atom is -0.492 e. The van der Waals surface area contributed by atoms with Crippen molar-refractivity contribution in [3.8, 4) is 5.75 Å². The van der Waals surface area contributed by atoms with Gasteiger partial charge in [0.15, 0.2) is 0 Å². The number of rotatable bonds is 4. The number of alkyl halides is 3. The van der Waals surface area contributed by atoms with E-state index in [1.54, 1.807) is 0 Å². The van der Waals surface area contributed by atoms with Gasteiger partial charge in [0.25, 0.3) is 0 Å². The van der Waals surface area contributed by atoms with Gasteiger partial charge in [-0.3, -0.25) is 4.90 Å². The zero-order valence-electron chi connectivity index (χ0n) is 11.4. The first-order valence-corrected chi connectivity index (χ1v) is 7.68. The molecule has 2 rings (SSSR count). The third-order valence-corrected chi connectivity index (χ3v) is 4.31. The molecule has 1 fully saturated rings. The van der Waals surface area contributed by atoms with E-state index in [-0.39, 0.29) is 12.4 Å². The quantitative estimate of drug-likeness (QED) is 0.652. The number of ether oxygens (including phenoxy) is 1. The SMILES string of the molecule is Cl.FC(F)(F)CN1CCC(COc2ccccc2I)CC1. The summed E-state index contributed by atoms with van der Waals surface area (Å²) in [6.45, 7) is 0.788. The van der Waals surface area contributed by atoms with Crippen molar-refractivity contribution in [2.45, 2.75) is 19.0 Å². The lowest BCUT2D eigenvalue weighted by molar-refractivity contribution is -0.148. The van der Waals surface area contributed by atoms with Crippen LogP contribution in [-0.2, 0) is 0 Å². The molecular weight excluding hydrogens is 418 g/mol. The molecule has 1 aliphatic rings. The summed E-state index contributed by atoms with van der Waals surface area (Å²) in [7, 11) is 0. The Hall–Kier alpha value is -0.210. The summed E-state index contributed by atoms with van der Waals surface area (Å²) in [5.74, 6) is 1.20. The highest BCUT2D eigenvalue weighted by atomic mass is 127.